The fraction of sp³-hybridized carbons (Fsp3) is 0.412. The van der Waals surface area contributed by atoms with E-state index in [1.54, 1.807) is 0 Å². The van der Waals surface area contributed by atoms with Crippen LogP contribution in [0.5, 0.6) is 0 Å². The number of benzene rings is 1. The molecule has 0 saturated heterocycles. The topological polar surface area (TPSA) is 15.3 Å². The first-order chi connectivity index (χ1) is 9.36. The van der Waals surface area contributed by atoms with Crippen LogP contribution in [0, 0.1) is 5.92 Å². The summed E-state index contributed by atoms with van der Waals surface area (Å²) < 4.78 is 0. The van der Waals surface area contributed by atoms with Gasteiger partial charge in [-0.15, -0.1) is 6.58 Å². The van der Waals surface area contributed by atoms with E-state index in [0.29, 0.717) is 12.0 Å². The first-order valence-corrected chi connectivity index (χ1v) is 7.23. The van der Waals surface area contributed by atoms with E-state index in [0.717, 1.165) is 13.1 Å². The summed E-state index contributed by atoms with van der Waals surface area (Å²) in [6.07, 6.45) is 10.2. The minimum atomic E-state index is 0.516. The molecule has 3 rings (SSSR count). The Hall–Kier alpha value is -1.70. The average molecular weight is 254 g/mol. The van der Waals surface area contributed by atoms with Crippen LogP contribution in [0.3, 0.4) is 0 Å². The van der Waals surface area contributed by atoms with Gasteiger partial charge in [0, 0.05) is 24.8 Å². The number of anilines is 1. The molecule has 0 amide bonds. The number of nitrogens with zero attached hydrogens (tertiary/aromatic N) is 1. The van der Waals surface area contributed by atoms with Crippen molar-refractivity contribution < 1.29 is 0 Å². The molecule has 2 atom stereocenters. The van der Waals surface area contributed by atoms with Crippen molar-refractivity contribution in [1.29, 1.82) is 0 Å². The van der Waals surface area contributed by atoms with Gasteiger partial charge in [0.05, 0.1) is 0 Å². The van der Waals surface area contributed by atoms with E-state index in [2.05, 4.69) is 59.4 Å². The molecule has 0 fully saturated rings. The molecule has 0 saturated carbocycles. The zero-order valence-electron chi connectivity index (χ0n) is 11.4. The summed E-state index contributed by atoms with van der Waals surface area (Å²) in [7, 11) is 0. The maximum Gasteiger partial charge on any atom is 0.0467 e. The van der Waals surface area contributed by atoms with Gasteiger partial charge in [-0.1, -0.05) is 30.4 Å². The summed E-state index contributed by atoms with van der Waals surface area (Å²) in [6.45, 7) is 6.17. The Balaban J connectivity index is 1.67. The number of hydrogen-bond donors (Lipinski definition) is 1. The number of para-hydroxylation sites is 1. The van der Waals surface area contributed by atoms with Gasteiger partial charge >= 0.3 is 0 Å². The lowest BCUT2D eigenvalue weighted by atomic mass is 9.92. The predicted molar refractivity (Wildman–Crippen MR) is 81.2 cm³/mol. The largest absolute Gasteiger partial charge is 0.384 e. The molecule has 1 aromatic carbocycles. The molecule has 0 radical (unpaired) electrons. The van der Waals surface area contributed by atoms with E-state index in [9.17, 15) is 0 Å². The number of nitrogens with one attached hydrogen (secondary N) is 1. The van der Waals surface area contributed by atoms with Crippen LogP contribution >= 0.6 is 0 Å². The van der Waals surface area contributed by atoms with E-state index in [4.69, 9.17) is 0 Å². The van der Waals surface area contributed by atoms with Crippen molar-refractivity contribution in [2.24, 2.45) is 5.92 Å². The summed E-state index contributed by atoms with van der Waals surface area (Å²) in [4.78, 5) is 2.46. The molecule has 2 nitrogen and oxygen atoms in total. The van der Waals surface area contributed by atoms with Crippen molar-refractivity contribution in [1.82, 2.24) is 4.90 Å². The zero-order valence-corrected chi connectivity index (χ0v) is 11.4. The highest BCUT2D eigenvalue weighted by atomic mass is 15.1. The minimum Gasteiger partial charge on any atom is -0.384 e. The van der Waals surface area contributed by atoms with Crippen molar-refractivity contribution in [3.8, 4) is 0 Å². The van der Waals surface area contributed by atoms with Gasteiger partial charge in [-0.3, -0.25) is 0 Å². The van der Waals surface area contributed by atoms with Crippen molar-refractivity contribution >= 4 is 5.69 Å². The van der Waals surface area contributed by atoms with Crippen LogP contribution in [-0.4, -0.2) is 24.0 Å². The Kier molecular flexibility index (Phi) is 3.58. The average Bonchev–Trinajstić information content (AvgIpc) is 2.48. The molecule has 0 aliphatic carbocycles. The summed E-state index contributed by atoms with van der Waals surface area (Å²) in [5.41, 5.74) is 2.77. The number of hydrogen-bond acceptors (Lipinski definition) is 2. The molecular formula is C17H22N2. The molecule has 2 aliphatic rings. The molecule has 0 spiro atoms. The molecular weight excluding hydrogens is 232 g/mol. The highest BCUT2D eigenvalue weighted by molar-refractivity contribution is 5.53. The standard InChI is InChI=1S/C17H22N2/c1-2-16-8-5-6-10-19(16)13-14-11-15-7-3-4-9-17(15)18-12-14/h2-4,6-7,9-10,14,16,18H,1,5,8,11-13H2. The van der Waals surface area contributed by atoms with Crippen molar-refractivity contribution in [2.75, 3.05) is 18.4 Å². The molecule has 0 aromatic heterocycles. The van der Waals surface area contributed by atoms with Gasteiger partial charge in [-0.25, -0.2) is 0 Å². The van der Waals surface area contributed by atoms with Crippen LogP contribution in [0.2, 0.25) is 0 Å². The van der Waals surface area contributed by atoms with E-state index < -0.39 is 0 Å². The Labute approximate surface area is 115 Å². The Morgan fingerprint density at radius 1 is 1.37 bits per heavy atom. The first kappa shape index (κ1) is 12.3. The summed E-state index contributed by atoms with van der Waals surface area (Å²) in [5.74, 6) is 0.681. The first-order valence-electron chi connectivity index (χ1n) is 7.23. The second-order valence-electron chi connectivity index (χ2n) is 5.57. The molecule has 1 aromatic rings. The van der Waals surface area contributed by atoms with Crippen LogP contribution in [0.4, 0.5) is 5.69 Å². The van der Waals surface area contributed by atoms with Gasteiger partial charge in [0.25, 0.3) is 0 Å². The van der Waals surface area contributed by atoms with E-state index in [-0.39, 0.29) is 0 Å². The maximum atomic E-state index is 3.97. The Bertz CT molecular complexity index is 478. The van der Waals surface area contributed by atoms with Crippen LogP contribution < -0.4 is 5.32 Å². The highest BCUT2D eigenvalue weighted by Gasteiger charge is 2.22. The van der Waals surface area contributed by atoms with Crippen LogP contribution in [0.15, 0.2) is 49.2 Å². The zero-order chi connectivity index (χ0) is 13.1. The lowest BCUT2D eigenvalue weighted by molar-refractivity contribution is 0.250. The Morgan fingerprint density at radius 2 is 2.26 bits per heavy atom. The lowest BCUT2D eigenvalue weighted by Gasteiger charge is -2.36. The van der Waals surface area contributed by atoms with Gasteiger partial charge in [-0.05, 0) is 43.0 Å². The molecule has 0 bridgehead atoms. The quantitative estimate of drug-likeness (QED) is 0.831. The van der Waals surface area contributed by atoms with Gasteiger partial charge in [0.1, 0.15) is 0 Å². The van der Waals surface area contributed by atoms with Crippen molar-refractivity contribution in [2.45, 2.75) is 25.3 Å². The maximum absolute atomic E-state index is 3.97. The van der Waals surface area contributed by atoms with Gasteiger partial charge in [0.15, 0.2) is 0 Å². The summed E-state index contributed by atoms with van der Waals surface area (Å²) in [5, 5.41) is 3.56. The minimum absolute atomic E-state index is 0.516. The third kappa shape index (κ3) is 2.67. The second kappa shape index (κ2) is 5.52. The summed E-state index contributed by atoms with van der Waals surface area (Å²) >= 11 is 0. The fourth-order valence-electron chi connectivity index (χ4n) is 3.14. The fourth-order valence-corrected chi connectivity index (χ4v) is 3.14. The monoisotopic (exact) mass is 254 g/mol. The smallest absolute Gasteiger partial charge is 0.0467 e. The molecule has 100 valence electrons. The Morgan fingerprint density at radius 3 is 3.16 bits per heavy atom. The normalized spacial score (nSPS) is 25.6. The third-order valence-electron chi connectivity index (χ3n) is 4.20. The van der Waals surface area contributed by atoms with Crippen LogP contribution in [-0.2, 0) is 6.42 Å². The molecule has 19 heavy (non-hydrogen) atoms. The van der Waals surface area contributed by atoms with Gasteiger partial charge in [-0.2, -0.15) is 0 Å². The molecule has 2 aliphatic heterocycles. The van der Waals surface area contributed by atoms with Crippen LogP contribution in [0.25, 0.3) is 0 Å². The third-order valence-corrected chi connectivity index (χ3v) is 4.20. The van der Waals surface area contributed by atoms with Crippen molar-refractivity contribution in [3.05, 3.63) is 54.8 Å². The highest BCUT2D eigenvalue weighted by Crippen LogP contribution is 2.26. The van der Waals surface area contributed by atoms with E-state index >= 15 is 0 Å². The molecule has 1 N–H and O–H groups in total. The van der Waals surface area contributed by atoms with Crippen LogP contribution in [0.1, 0.15) is 18.4 Å². The number of allylic oxidation sites excluding steroid dienone is 1. The molecule has 2 heteroatoms. The SMILES string of the molecule is C=CC1CCC=CN1CC1CNc2ccccc2C1. The van der Waals surface area contributed by atoms with Gasteiger partial charge in [0.2, 0.25) is 0 Å². The predicted octanol–water partition coefficient (Wildman–Crippen LogP) is 3.43. The van der Waals surface area contributed by atoms with Gasteiger partial charge < -0.3 is 10.2 Å². The number of rotatable bonds is 3. The van der Waals surface area contributed by atoms with Crippen molar-refractivity contribution in [3.63, 3.8) is 0 Å². The molecule has 2 heterocycles. The van der Waals surface area contributed by atoms with E-state index in [1.165, 1.54) is 30.5 Å². The van der Waals surface area contributed by atoms with E-state index in [1.807, 2.05) is 0 Å². The second-order valence-corrected chi connectivity index (χ2v) is 5.57. The molecule has 2 unspecified atom stereocenters. The lowest BCUT2D eigenvalue weighted by Crippen LogP contribution is -2.39. The number of fused-ring (bicyclic) bond motifs is 1. The summed E-state index contributed by atoms with van der Waals surface area (Å²) in [6, 6.07) is 9.18.